The minimum Gasteiger partial charge on any atom is -0.406 e. The van der Waals surface area contributed by atoms with Crippen LogP contribution in [0, 0.1) is 11.8 Å². The number of likely N-dealkylation sites (tertiary alicyclic amines) is 1. The zero-order valence-electron chi connectivity index (χ0n) is 16.2. The van der Waals surface area contributed by atoms with E-state index in [2.05, 4.69) is 11.7 Å². The van der Waals surface area contributed by atoms with Crippen LogP contribution in [0.25, 0.3) is 0 Å². The van der Waals surface area contributed by atoms with E-state index in [9.17, 15) is 26.4 Å². The molecule has 6 nitrogen and oxygen atoms in total. The second kappa shape index (κ2) is 8.51. The van der Waals surface area contributed by atoms with Crippen molar-refractivity contribution in [2.75, 3.05) is 26.2 Å². The Morgan fingerprint density at radius 1 is 1.14 bits per heavy atom. The highest BCUT2D eigenvalue weighted by Crippen LogP contribution is 2.29. The zero-order valence-corrected chi connectivity index (χ0v) is 17.0. The number of piperidine rings is 2. The van der Waals surface area contributed by atoms with Crippen LogP contribution in [0.2, 0.25) is 0 Å². The van der Waals surface area contributed by atoms with Crippen molar-refractivity contribution in [3.05, 3.63) is 24.3 Å². The van der Waals surface area contributed by atoms with Gasteiger partial charge < -0.3 is 9.64 Å². The molecule has 2 aliphatic heterocycles. The molecule has 0 unspecified atom stereocenters. The molecule has 162 valence electrons. The number of benzene rings is 1. The topological polar surface area (TPSA) is 66.9 Å². The molecule has 10 heteroatoms. The Hall–Kier alpha value is -1.81. The summed E-state index contributed by atoms with van der Waals surface area (Å²) >= 11 is 0. The highest BCUT2D eigenvalue weighted by atomic mass is 32.2. The molecule has 2 heterocycles. The number of rotatable bonds is 4. The number of hydrogen-bond donors (Lipinski definition) is 0. The maximum Gasteiger partial charge on any atom is 0.573 e. The van der Waals surface area contributed by atoms with Crippen molar-refractivity contribution in [2.45, 2.75) is 43.9 Å². The van der Waals surface area contributed by atoms with E-state index in [1.807, 2.05) is 4.90 Å². The van der Waals surface area contributed by atoms with E-state index in [4.69, 9.17) is 0 Å². The lowest BCUT2D eigenvalue weighted by Gasteiger charge is -2.36. The van der Waals surface area contributed by atoms with Crippen molar-refractivity contribution < 1.29 is 31.1 Å². The Kier molecular flexibility index (Phi) is 6.42. The molecule has 2 fully saturated rings. The van der Waals surface area contributed by atoms with Crippen LogP contribution in [0.4, 0.5) is 13.2 Å². The lowest BCUT2D eigenvalue weighted by Crippen LogP contribution is -2.46. The van der Waals surface area contributed by atoms with E-state index < -0.39 is 22.1 Å². The summed E-state index contributed by atoms with van der Waals surface area (Å²) in [6.07, 6.45) is -2.00. The van der Waals surface area contributed by atoms with Gasteiger partial charge in [-0.25, -0.2) is 8.42 Å². The number of halogens is 3. The summed E-state index contributed by atoms with van der Waals surface area (Å²) in [5, 5.41) is 0. The normalized spacial score (nSPS) is 22.5. The third-order valence-corrected chi connectivity index (χ3v) is 7.34. The van der Waals surface area contributed by atoms with Crippen LogP contribution in [-0.4, -0.2) is 56.1 Å². The quantitative estimate of drug-likeness (QED) is 0.730. The van der Waals surface area contributed by atoms with E-state index in [-0.39, 0.29) is 29.8 Å². The summed E-state index contributed by atoms with van der Waals surface area (Å²) < 4.78 is 67.9. The molecule has 2 saturated heterocycles. The van der Waals surface area contributed by atoms with Gasteiger partial charge in [0, 0.05) is 38.2 Å². The molecule has 29 heavy (non-hydrogen) atoms. The van der Waals surface area contributed by atoms with Gasteiger partial charge in [-0.3, -0.25) is 4.79 Å². The third kappa shape index (κ3) is 5.42. The number of carbonyl (C=O) groups is 1. The van der Waals surface area contributed by atoms with Gasteiger partial charge in [-0.2, -0.15) is 4.31 Å². The first-order chi connectivity index (χ1) is 13.6. The van der Waals surface area contributed by atoms with E-state index in [1.54, 1.807) is 0 Å². The molecule has 0 radical (unpaired) electrons. The smallest absolute Gasteiger partial charge is 0.406 e. The van der Waals surface area contributed by atoms with E-state index in [1.165, 1.54) is 16.4 Å². The fourth-order valence-corrected chi connectivity index (χ4v) is 5.48. The Bertz CT molecular complexity index is 836. The van der Waals surface area contributed by atoms with Crippen LogP contribution in [0.3, 0.4) is 0 Å². The van der Waals surface area contributed by atoms with Crippen LogP contribution < -0.4 is 4.74 Å². The van der Waals surface area contributed by atoms with Crippen molar-refractivity contribution >= 4 is 15.9 Å². The van der Waals surface area contributed by atoms with Gasteiger partial charge in [0.15, 0.2) is 0 Å². The first-order valence-corrected chi connectivity index (χ1v) is 11.1. The average molecular weight is 434 g/mol. The van der Waals surface area contributed by atoms with Crippen LogP contribution in [0.1, 0.15) is 32.6 Å². The van der Waals surface area contributed by atoms with Gasteiger partial charge in [0.1, 0.15) is 5.75 Å². The Balaban J connectivity index is 1.64. The number of sulfonamides is 1. The number of carbonyl (C=O) groups excluding carboxylic acids is 1. The van der Waals surface area contributed by atoms with Gasteiger partial charge in [-0.05, 0) is 43.7 Å². The highest BCUT2D eigenvalue weighted by Gasteiger charge is 2.35. The first-order valence-electron chi connectivity index (χ1n) is 9.71. The molecule has 0 aromatic heterocycles. The van der Waals surface area contributed by atoms with Crippen molar-refractivity contribution in [3.8, 4) is 5.75 Å². The summed E-state index contributed by atoms with van der Waals surface area (Å²) in [7, 11) is -3.96. The van der Waals surface area contributed by atoms with E-state index >= 15 is 0 Å². The summed E-state index contributed by atoms with van der Waals surface area (Å²) in [6, 6.07) is 4.37. The minimum absolute atomic E-state index is 0.0779. The standard InChI is InChI=1S/C19H25F3N2O4S/c1-14-4-3-9-23(13-14)18(25)15-7-10-24(11-8-15)29(26,27)17-6-2-5-16(12-17)28-19(20,21)22/h2,5-6,12,14-15H,3-4,7-11,13H2,1H3/t14-/m0/s1. The molecule has 0 spiro atoms. The third-order valence-electron chi connectivity index (χ3n) is 5.45. The lowest BCUT2D eigenvalue weighted by atomic mass is 9.93. The van der Waals surface area contributed by atoms with Crippen LogP contribution in [-0.2, 0) is 14.8 Å². The summed E-state index contributed by atoms with van der Waals surface area (Å²) in [5.74, 6) is -0.247. The van der Waals surface area contributed by atoms with Gasteiger partial charge in [0.2, 0.25) is 15.9 Å². The Morgan fingerprint density at radius 3 is 2.45 bits per heavy atom. The molecule has 1 aromatic carbocycles. The van der Waals surface area contributed by atoms with Gasteiger partial charge in [-0.1, -0.05) is 13.0 Å². The fourth-order valence-electron chi connectivity index (χ4n) is 3.97. The predicted molar refractivity (Wildman–Crippen MR) is 99.6 cm³/mol. The van der Waals surface area contributed by atoms with Crippen molar-refractivity contribution in [1.82, 2.24) is 9.21 Å². The van der Waals surface area contributed by atoms with Crippen molar-refractivity contribution in [2.24, 2.45) is 11.8 Å². The molecule has 0 saturated carbocycles. The van der Waals surface area contributed by atoms with Gasteiger partial charge in [-0.15, -0.1) is 13.2 Å². The number of amides is 1. The predicted octanol–water partition coefficient (Wildman–Crippen LogP) is 3.24. The molecular formula is C19H25F3N2O4S. The van der Waals surface area contributed by atoms with Crippen LogP contribution >= 0.6 is 0 Å². The maximum atomic E-state index is 12.8. The summed E-state index contributed by atoms with van der Waals surface area (Å²) in [6.45, 7) is 3.92. The SMILES string of the molecule is C[C@H]1CCCN(C(=O)C2CCN(S(=O)(=O)c3cccc(OC(F)(F)F)c3)CC2)C1. The number of hydrogen-bond acceptors (Lipinski definition) is 4. The highest BCUT2D eigenvalue weighted by molar-refractivity contribution is 7.89. The molecule has 0 bridgehead atoms. The monoisotopic (exact) mass is 434 g/mol. The van der Waals surface area contributed by atoms with Crippen molar-refractivity contribution in [1.29, 1.82) is 0 Å². The van der Waals surface area contributed by atoms with Crippen LogP contribution in [0.15, 0.2) is 29.2 Å². The second-order valence-electron chi connectivity index (χ2n) is 7.73. The number of ether oxygens (including phenoxy) is 1. The Labute approximate surface area is 168 Å². The van der Waals surface area contributed by atoms with Gasteiger partial charge >= 0.3 is 6.36 Å². The Morgan fingerprint density at radius 2 is 1.83 bits per heavy atom. The average Bonchev–Trinajstić information content (AvgIpc) is 2.66. The zero-order chi connectivity index (χ0) is 21.2. The first kappa shape index (κ1) is 21.9. The molecule has 1 aromatic rings. The summed E-state index contributed by atoms with van der Waals surface area (Å²) in [4.78, 5) is 14.4. The maximum absolute atomic E-state index is 12.8. The molecule has 1 atom stereocenters. The van der Waals surface area contributed by atoms with Crippen LogP contribution in [0.5, 0.6) is 5.75 Å². The molecule has 0 aliphatic carbocycles. The van der Waals surface area contributed by atoms with Gasteiger partial charge in [0.25, 0.3) is 0 Å². The molecular weight excluding hydrogens is 409 g/mol. The molecule has 0 N–H and O–H groups in total. The second-order valence-corrected chi connectivity index (χ2v) is 9.67. The lowest BCUT2D eigenvalue weighted by molar-refractivity contribution is -0.274. The van der Waals surface area contributed by atoms with E-state index in [0.29, 0.717) is 18.8 Å². The van der Waals surface area contributed by atoms with Gasteiger partial charge in [0.05, 0.1) is 4.90 Å². The fraction of sp³-hybridized carbons (Fsp3) is 0.632. The number of alkyl halides is 3. The number of nitrogens with zero attached hydrogens (tertiary/aromatic N) is 2. The van der Waals surface area contributed by atoms with Crippen molar-refractivity contribution in [3.63, 3.8) is 0 Å². The largest absolute Gasteiger partial charge is 0.573 e. The molecule has 3 rings (SSSR count). The van der Waals surface area contributed by atoms with E-state index in [0.717, 1.165) is 38.1 Å². The summed E-state index contributed by atoms with van der Waals surface area (Å²) in [5.41, 5.74) is 0. The molecule has 1 amide bonds. The molecule has 2 aliphatic rings. The minimum atomic E-state index is -4.90.